The standard InChI is InChI=1S/C16H15Cl2N3O2/c17-14-5-1-12(2-6-14)9-19-16(11-21(22)23)20-10-13-3-7-15(18)8-4-13/h1-8,11,19-20H,9-10H2. The molecule has 5 nitrogen and oxygen atoms in total. The summed E-state index contributed by atoms with van der Waals surface area (Å²) in [6.45, 7) is 0.898. The average Bonchev–Trinajstić information content (AvgIpc) is 2.52. The molecule has 120 valence electrons. The SMILES string of the molecule is O=[N+]([O-])C=C(NCc1ccc(Cl)cc1)NCc1ccc(Cl)cc1. The topological polar surface area (TPSA) is 67.2 Å². The van der Waals surface area contributed by atoms with E-state index in [4.69, 9.17) is 23.2 Å². The van der Waals surface area contributed by atoms with Gasteiger partial charge >= 0.3 is 0 Å². The zero-order chi connectivity index (χ0) is 16.7. The van der Waals surface area contributed by atoms with Crippen molar-refractivity contribution < 1.29 is 4.92 Å². The lowest BCUT2D eigenvalue weighted by atomic mass is 10.2. The summed E-state index contributed by atoms with van der Waals surface area (Å²) in [6.07, 6.45) is 0.909. The highest BCUT2D eigenvalue weighted by Crippen LogP contribution is 2.11. The van der Waals surface area contributed by atoms with Gasteiger partial charge in [0.2, 0.25) is 0 Å². The summed E-state index contributed by atoms with van der Waals surface area (Å²) in [7, 11) is 0. The molecule has 23 heavy (non-hydrogen) atoms. The minimum atomic E-state index is -0.501. The van der Waals surface area contributed by atoms with Gasteiger partial charge in [-0.15, -0.1) is 0 Å². The molecule has 0 bridgehead atoms. The van der Waals surface area contributed by atoms with Crippen LogP contribution in [0, 0.1) is 10.1 Å². The lowest BCUT2D eigenvalue weighted by Crippen LogP contribution is -2.26. The van der Waals surface area contributed by atoms with Gasteiger partial charge in [0.15, 0.2) is 5.82 Å². The predicted molar refractivity (Wildman–Crippen MR) is 91.7 cm³/mol. The smallest absolute Gasteiger partial charge is 0.274 e. The van der Waals surface area contributed by atoms with E-state index in [1.54, 1.807) is 24.3 Å². The number of benzene rings is 2. The molecule has 2 aromatic rings. The van der Waals surface area contributed by atoms with Crippen molar-refractivity contribution in [2.45, 2.75) is 13.1 Å². The minimum Gasteiger partial charge on any atom is -0.363 e. The number of hydrogen-bond acceptors (Lipinski definition) is 4. The highest BCUT2D eigenvalue weighted by Gasteiger charge is 2.03. The monoisotopic (exact) mass is 351 g/mol. The first-order valence-corrected chi connectivity index (χ1v) is 7.60. The van der Waals surface area contributed by atoms with Gasteiger partial charge < -0.3 is 10.6 Å². The van der Waals surface area contributed by atoms with Gasteiger partial charge in [0, 0.05) is 23.1 Å². The molecule has 0 saturated heterocycles. The molecule has 0 heterocycles. The Balaban J connectivity index is 1.95. The number of halogens is 2. The molecule has 0 radical (unpaired) electrons. The van der Waals surface area contributed by atoms with E-state index in [0.717, 1.165) is 17.3 Å². The number of nitrogens with one attached hydrogen (secondary N) is 2. The molecule has 2 rings (SSSR count). The molecule has 7 heteroatoms. The van der Waals surface area contributed by atoms with Crippen molar-refractivity contribution in [3.63, 3.8) is 0 Å². The van der Waals surface area contributed by atoms with E-state index in [9.17, 15) is 10.1 Å². The molecule has 0 aliphatic rings. The lowest BCUT2D eigenvalue weighted by Gasteiger charge is -2.12. The molecule has 2 aromatic carbocycles. The minimum absolute atomic E-state index is 0.333. The van der Waals surface area contributed by atoms with Crippen molar-refractivity contribution in [3.05, 3.63) is 91.8 Å². The Kier molecular flexibility index (Phi) is 6.26. The van der Waals surface area contributed by atoms with E-state index < -0.39 is 4.92 Å². The molecule has 0 amide bonds. The summed E-state index contributed by atoms with van der Waals surface area (Å²) in [5.74, 6) is 0.333. The Morgan fingerprint density at radius 3 is 1.65 bits per heavy atom. The van der Waals surface area contributed by atoms with Crippen LogP contribution in [0.25, 0.3) is 0 Å². The third-order valence-corrected chi connectivity index (χ3v) is 3.53. The molecular formula is C16H15Cl2N3O2. The summed E-state index contributed by atoms with van der Waals surface area (Å²) in [6, 6.07) is 14.5. The molecule has 0 unspecified atom stereocenters. The Bertz CT molecular complexity index is 634. The number of nitrogens with zero attached hydrogens (tertiary/aromatic N) is 1. The van der Waals surface area contributed by atoms with Gasteiger partial charge in [0.05, 0.1) is 4.92 Å². The third kappa shape index (κ3) is 6.18. The summed E-state index contributed by atoms with van der Waals surface area (Å²) in [5, 5.41) is 18.0. The van der Waals surface area contributed by atoms with E-state index in [1.165, 1.54) is 0 Å². The number of hydrogen-bond donors (Lipinski definition) is 2. The Labute approximate surface area is 144 Å². The molecule has 0 saturated carbocycles. The van der Waals surface area contributed by atoms with Crippen LogP contribution in [0.5, 0.6) is 0 Å². The maximum absolute atomic E-state index is 10.7. The normalized spacial score (nSPS) is 10.0. The van der Waals surface area contributed by atoms with Crippen LogP contribution in [0.2, 0.25) is 10.0 Å². The van der Waals surface area contributed by atoms with Crippen molar-refractivity contribution in [1.82, 2.24) is 10.6 Å². The summed E-state index contributed by atoms with van der Waals surface area (Å²) >= 11 is 11.7. The molecule has 0 atom stereocenters. The van der Waals surface area contributed by atoms with Crippen LogP contribution in [0.3, 0.4) is 0 Å². The second-order valence-corrected chi connectivity index (χ2v) is 5.66. The van der Waals surface area contributed by atoms with Crippen molar-refractivity contribution >= 4 is 23.2 Å². The molecule has 2 N–H and O–H groups in total. The Morgan fingerprint density at radius 1 is 0.913 bits per heavy atom. The van der Waals surface area contributed by atoms with Crippen LogP contribution in [0.1, 0.15) is 11.1 Å². The quantitative estimate of drug-likeness (QED) is 0.585. The molecule has 0 fully saturated rings. The van der Waals surface area contributed by atoms with Gasteiger partial charge in [-0.3, -0.25) is 10.1 Å². The Morgan fingerprint density at radius 2 is 1.30 bits per heavy atom. The largest absolute Gasteiger partial charge is 0.363 e. The van der Waals surface area contributed by atoms with Crippen LogP contribution >= 0.6 is 23.2 Å². The van der Waals surface area contributed by atoms with Gasteiger partial charge in [-0.25, -0.2) is 0 Å². The second-order valence-electron chi connectivity index (χ2n) is 4.79. The average molecular weight is 352 g/mol. The van der Waals surface area contributed by atoms with Crippen molar-refractivity contribution in [2.24, 2.45) is 0 Å². The van der Waals surface area contributed by atoms with Crippen molar-refractivity contribution in [1.29, 1.82) is 0 Å². The van der Waals surface area contributed by atoms with Gasteiger partial charge in [0.1, 0.15) is 0 Å². The summed E-state index contributed by atoms with van der Waals surface area (Å²) < 4.78 is 0. The van der Waals surface area contributed by atoms with Crippen LogP contribution < -0.4 is 10.6 Å². The molecule has 0 spiro atoms. The first kappa shape index (κ1) is 17.1. The highest BCUT2D eigenvalue weighted by molar-refractivity contribution is 6.30. The fourth-order valence-corrected chi connectivity index (χ4v) is 2.11. The van der Waals surface area contributed by atoms with Crippen LogP contribution in [-0.2, 0) is 13.1 Å². The van der Waals surface area contributed by atoms with Gasteiger partial charge in [-0.05, 0) is 35.4 Å². The van der Waals surface area contributed by atoms with Crippen LogP contribution in [-0.4, -0.2) is 4.92 Å². The maximum atomic E-state index is 10.7. The third-order valence-electron chi connectivity index (χ3n) is 3.03. The second kappa shape index (κ2) is 8.41. The van der Waals surface area contributed by atoms with E-state index >= 15 is 0 Å². The highest BCUT2D eigenvalue weighted by atomic mass is 35.5. The Hall–Kier alpha value is -2.24. The predicted octanol–water partition coefficient (Wildman–Crippen LogP) is 3.95. The summed E-state index contributed by atoms with van der Waals surface area (Å²) in [5.41, 5.74) is 1.94. The van der Waals surface area contributed by atoms with Crippen molar-refractivity contribution in [2.75, 3.05) is 0 Å². The van der Waals surface area contributed by atoms with Crippen molar-refractivity contribution in [3.8, 4) is 0 Å². The van der Waals surface area contributed by atoms with E-state index in [0.29, 0.717) is 29.0 Å². The van der Waals surface area contributed by atoms with E-state index in [2.05, 4.69) is 10.6 Å². The first-order chi connectivity index (χ1) is 11.0. The fourth-order valence-electron chi connectivity index (χ4n) is 1.86. The molecule has 0 aliphatic carbocycles. The van der Waals surface area contributed by atoms with Gasteiger partial charge in [0.25, 0.3) is 6.20 Å². The fraction of sp³-hybridized carbons (Fsp3) is 0.125. The number of rotatable bonds is 7. The molecule has 0 aliphatic heterocycles. The van der Waals surface area contributed by atoms with E-state index in [-0.39, 0.29) is 0 Å². The van der Waals surface area contributed by atoms with Gasteiger partial charge in [-0.2, -0.15) is 0 Å². The first-order valence-electron chi connectivity index (χ1n) is 6.85. The lowest BCUT2D eigenvalue weighted by molar-refractivity contribution is -0.404. The summed E-state index contributed by atoms with van der Waals surface area (Å²) in [4.78, 5) is 10.2. The van der Waals surface area contributed by atoms with Crippen LogP contribution in [0.4, 0.5) is 0 Å². The number of nitro groups is 1. The molecule has 0 aromatic heterocycles. The van der Waals surface area contributed by atoms with E-state index in [1.807, 2.05) is 24.3 Å². The zero-order valence-electron chi connectivity index (χ0n) is 12.1. The maximum Gasteiger partial charge on any atom is 0.274 e. The van der Waals surface area contributed by atoms with Crippen LogP contribution in [0.15, 0.2) is 60.6 Å². The van der Waals surface area contributed by atoms with Gasteiger partial charge in [-0.1, -0.05) is 47.5 Å². The zero-order valence-corrected chi connectivity index (χ0v) is 13.6. The molecular weight excluding hydrogens is 337 g/mol.